The van der Waals surface area contributed by atoms with Crippen molar-refractivity contribution < 1.29 is 46.5 Å². The summed E-state index contributed by atoms with van der Waals surface area (Å²) < 4.78 is 70.0. The van der Waals surface area contributed by atoms with E-state index in [9.17, 15) is 41.8 Å². The van der Waals surface area contributed by atoms with Crippen molar-refractivity contribution in [1.82, 2.24) is 0 Å². The first-order valence-electron chi connectivity index (χ1n) is 17.6. The Morgan fingerprint density at radius 2 is 1.56 bits per heavy atom. The van der Waals surface area contributed by atoms with Crippen LogP contribution in [0.25, 0.3) is 0 Å². The molecule has 0 spiro atoms. The number of aliphatic hydroxyl groups is 1. The molecule has 0 amide bonds. The average molecular weight is 651 g/mol. The van der Waals surface area contributed by atoms with Crippen LogP contribution >= 0.6 is 0 Å². The number of rotatable bonds is 16. The largest absolute Gasteiger partial charge is 0.481 e. The molecule has 0 saturated heterocycles. The standard InChI is InChI=1S/C35H55F5O5/c1-32-19-17-25(41)21-24(32)13-14-26-27-15-16-29(42)33(27,2)22-28(30(26)32)45-20-9-7-5-3-4-6-8-11-23(31(43)44)12-10-18-34(36,37)35(38,39)40/h23-24,26-30,42H,3-22H2,1-2H3,(H,43,44)/t23?,24?,26-,27-,28?,29?,30-,32-,33-/m0/s1. The molecule has 5 nitrogen and oxygen atoms in total. The first kappa shape index (κ1) is 36.5. The predicted molar refractivity (Wildman–Crippen MR) is 161 cm³/mol. The summed E-state index contributed by atoms with van der Waals surface area (Å²) in [6, 6.07) is 0. The van der Waals surface area contributed by atoms with Gasteiger partial charge in [0.05, 0.1) is 18.1 Å². The fourth-order valence-corrected chi connectivity index (χ4v) is 9.98. The van der Waals surface area contributed by atoms with E-state index in [2.05, 4.69) is 13.8 Å². The number of carbonyl (C=O) groups excluding carboxylic acids is 1. The molecule has 0 aromatic carbocycles. The van der Waals surface area contributed by atoms with Gasteiger partial charge in [0.2, 0.25) is 0 Å². The molecular formula is C35H55F5O5. The molecule has 10 heteroatoms. The van der Waals surface area contributed by atoms with Crippen molar-refractivity contribution in [3.63, 3.8) is 0 Å². The Bertz CT molecular complexity index is 1000. The molecule has 4 aliphatic carbocycles. The molecular weight excluding hydrogens is 595 g/mol. The van der Waals surface area contributed by atoms with Gasteiger partial charge in [0.1, 0.15) is 5.78 Å². The van der Waals surface area contributed by atoms with Crippen LogP contribution in [0.1, 0.15) is 136 Å². The van der Waals surface area contributed by atoms with E-state index in [4.69, 9.17) is 4.74 Å². The molecule has 0 bridgehead atoms. The minimum absolute atomic E-state index is 0.104. The normalized spacial score (nSPS) is 35.9. The number of ketones is 1. The molecule has 4 fully saturated rings. The van der Waals surface area contributed by atoms with Gasteiger partial charge in [-0.25, -0.2) is 0 Å². The SMILES string of the molecule is C[C@]12CCC(=O)CC1CC[C@@H]1[C@H]2C(OCCCCCCCCCC(CCCC(F)(F)C(F)(F)F)C(=O)O)C[C@]2(C)C(O)CC[C@@H]12. The van der Waals surface area contributed by atoms with Gasteiger partial charge in [0.25, 0.3) is 0 Å². The molecule has 4 unspecified atom stereocenters. The van der Waals surface area contributed by atoms with Crippen LogP contribution in [0.3, 0.4) is 0 Å². The second-order valence-corrected chi connectivity index (χ2v) is 15.4. The number of aliphatic carboxylic acids is 1. The zero-order valence-corrected chi connectivity index (χ0v) is 27.2. The van der Waals surface area contributed by atoms with Gasteiger partial charge in [-0.3, -0.25) is 9.59 Å². The van der Waals surface area contributed by atoms with Gasteiger partial charge in [-0.05, 0) is 98.7 Å². The first-order chi connectivity index (χ1) is 21.1. The quantitative estimate of drug-likeness (QED) is 0.129. The number of hydrogen-bond acceptors (Lipinski definition) is 4. The number of Topliss-reactive ketones (excluding diaryl/α,β-unsaturated/α-hetero) is 1. The lowest BCUT2D eigenvalue weighted by atomic mass is 9.44. The Hall–Kier alpha value is -1.29. The van der Waals surface area contributed by atoms with Gasteiger partial charge in [-0.2, -0.15) is 22.0 Å². The van der Waals surface area contributed by atoms with Crippen LogP contribution in [0.15, 0.2) is 0 Å². The molecule has 0 radical (unpaired) electrons. The van der Waals surface area contributed by atoms with Crippen LogP contribution < -0.4 is 0 Å². The Kier molecular flexibility index (Phi) is 12.1. The van der Waals surface area contributed by atoms with Crippen LogP contribution in [0.4, 0.5) is 22.0 Å². The number of carboxylic acids is 1. The lowest BCUT2D eigenvalue weighted by Crippen LogP contribution is -2.60. The number of fused-ring (bicyclic) bond motifs is 5. The van der Waals surface area contributed by atoms with Gasteiger partial charge < -0.3 is 14.9 Å². The monoisotopic (exact) mass is 650 g/mol. The summed E-state index contributed by atoms with van der Waals surface area (Å²) in [4.78, 5) is 23.8. The number of carbonyl (C=O) groups is 2. The summed E-state index contributed by atoms with van der Waals surface area (Å²) >= 11 is 0. The number of carboxylic acid groups (broad SMARTS) is 1. The van der Waals surface area contributed by atoms with E-state index in [0.29, 0.717) is 55.3 Å². The maximum Gasteiger partial charge on any atom is 0.453 e. The fraction of sp³-hybridized carbons (Fsp3) is 0.943. The molecule has 2 N–H and O–H groups in total. The van der Waals surface area contributed by atoms with Crippen LogP contribution in [0.5, 0.6) is 0 Å². The highest BCUT2D eigenvalue weighted by Gasteiger charge is 2.63. The van der Waals surface area contributed by atoms with Crippen LogP contribution in [0.2, 0.25) is 0 Å². The molecule has 4 rings (SSSR count). The number of alkyl halides is 5. The molecule has 45 heavy (non-hydrogen) atoms. The Balaban J connectivity index is 1.16. The summed E-state index contributed by atoms with van der Waals surface area (Å²) in [6.45, 7) is 5.36. The summed E-state index contributed by atoms with van der Waals surface area (Å²) in [5, 5.41) is 20.4. The third kappa shape index (κ3) is 8.24. The minimum Gasteiger partial charge on any atom is -0.481 e. The zero-order chi connectivity index (χ0) is 33.0. The highest BCUT2D eigenvalue weighted by molar-refractivity contribution is 5.79. The molecule has 0 aliphatic heterocycles. The van der Waals surface area contributed by atoms with Gasteiger partial charge in [-0.15, -0.1) is 0 Å². The van der Waals surface area contributed by atoms with Crippen molar-refractivity contribution in [1.29, 1.82) is 0 Å². The Morgan fingerprint density at radius 1 is 0.911 bits per heavy atom. The fourth-order valence-electron chi connectivity index (χ4n) is 9.98. The number of aliphatic hydroxyl groups excluding tert-OH is 1. The van der Waals surface area contributed by atoms with Crippen LogP contribution in [0, 0.1) is 40.4 Å². The molecule has 4 aliphatic rings. The lowest BCUT2D eigenvalue weighted by molar-refractivity contribution is -0.284. The van der Waals surface area contributed by atoms with E-state index < -0.39 is 36.8 Å². The van der Waals surface area contributed by atoms with Crippen molar-refractivity contribution in [3.8, 4) is 0 Å². The van der Waals surface area contributed by atoms with Crippen molar-refractivity contribution in [3.05, 3.63) is 0 Å². The van der Waals surface area contributed by atoms with Crippen LogP contribution in [-0.4, -0.2) is 52.9 Å². The number of ether oxygens (including phenoxy) is 1. The Labute approximate surface area is 265 Å². The maximum absolute atomic E-state index is 13.1. The second kappa shape index (κ2) is 14.9. The average Bonchev–Trinajstić information content (AvgIpc) is 3.25. The highest BCUT2D eigenvalue weighted by Crippen LogP contribution is 2.66. The number of halogens is 5. The molecule has 260 valence electrons. The smallest absolute Gasteiger partial charge is 0.453 e. The molecule has 0 aromatic rings. The molecule has 9 atom stereocenters. The summed E-state index contributed by atoms with van der Waals surface area (Å²) in [5.41, 5.74) is 0.0114. The van der Waals surface area contributed by atoms with Gasteiger partial charge in [0.15, 0.2) is 0 Å². The topological polar surface area (TPSA) is 83.8 Å². The Morgan fingerprint density at radius 3 is 2.22 bits per heavy atom. The van der Waals surface area contributed by atoms with E-state index in [1.165, 1.54) is 0 Å². The first-order valence-corrected chi connectivity index (χ1v) is 17.6. The minimum atomic E-state index is -5.60. The maximum atomic E-state index is 13.1. The zero-order valence-electron chi connectivity index (χ0n) is 27.2. The van der Waals surface area contributed by atoms with Crippen molar-refractivity contribution in [2.45, 2.75) is 160 Å². The third-order valence-electron chi connectivity index (χ3n) is 12.7. The van der Waals surface area contributed by atoms with Crippen molar-refractivity contribution in [2.24, 2.45) is 40.4 Å². The third-order valence-corrected chi connectivity index (χ3v) is 12.7. The van der Waals surface area contributed by atoms with Gasteiger partial charge in [0, 0.05) is 25.9 Å². The van der Waals surface area contributed by atoms with E-state index in [1.807, 2.05) is 0 Å². The molecule has 4 saturated carbocycles. The second-order valence-electron chi connectivity index (χ2n) is 15.4. The number of hydrogen-bond donors (Lipinski definition) is 2. The summed E-state index contributed by atoms with van der Waals surface area (Å²) in [6.07, 6.45) is 6.17. The summed E-state index contributed by atoms with van der Waals surface area (Å²) in [5.74, 6) is -4.48. The molecule has 0 aromatic heterocycles. The van der Waals surface area contributed by atoms with Crippen molar-refractivity contribution >= 4 is 11.8 Å². The van der Waals surface area contributed by atoms with Gasteiger partial charge in [-0.1, -0.05) is 52.4 Å². The van der Waals surface area contributed by atoms with E-state index in [0.717, 1.165) is 77.0 Å². The molecule has 0 heterocycles. The number of unbranched alkanes of at least 4 members (excludes halogenated alkanes) is 6. The van der Waals surface area contributed by atoms with Crippen LogP contribution in [-0.2, 0) is 14.3 Å². The van der Waals surface area contributed by atoms with E-state index in [-0.39, 0.29) is 35.9 Å². The highest BCUT2D eigenvalue weighted by atomic mass is 19.4. The van der Waals surface area contributed by atoms with Gasteiger partial charge >= 0.3 is 18.1 Å². The summed E-state index contributed by atoms with van der Waals surface area (Å²) in [7, 11) is 0. The van der Waals surface area contributed by atoms with E-state index in [1.54, 1.807) is 0 Å². The lowest BCUT2D eigenvalue weighted by Gasteiger charge is -2.62. The predicted octanol–water partition coefficient (Wildman–Crippen LogP) is 9.14. The van der Waals surface area contributed by atoms with Crippen molar-refractivity contribution in [2.75, 3.05) is 6.61 Å². The van der Waals surface area contributed by atoms with E-state index >= 15 is 0 Å².